The van der Waals surface area contributed by atoms with E-state index in [0.29, 0.717) is 0 Å². The van der Waals surface area contributed by atoms with Crippen molar-refractivity contribution in [3.05, 3.63) is 35.9 Å². The molecule has 1 aromatic carbocycles. The number of aliphatic hydroxyl groups excluding tert-OH is 4. The number of benzene rings is 1. The third kappa shape index (κ3) is 3.42. The molecular formula is C15H23NO5. The van der Waals surface area contributed by atoms with Crippen molar-refractivity contribution in [2.45, 2.75) is 43.6 Å². The quantitative estimate of drug-likeness (QED) is 0.597. The van der Waals surface area contributed by atoms with Crippen LogP contribution in [0.25, 0.3) is 0 Å². The minimum absolute atomic E-state index is 0.0542. The molecule has 0 amide bonds. The molecule has 2 rings (SSSR count). The fourth-order valence-corrected chi connectivity index (χ4v) is 2.53. The van der Waals surface area contributed by atoms with Gasteiger partial charge in [-0.25, -0.2) is 0 Å². The largest absolute Gasteiger partial charge is 0.388 e. The highest BCUT2D eigenvalue weighted by Gasteiger charge is 2.41. The number of ether oxygens (including phenoxy) is 1. The first-order valence-electron chi connectivity index (χ1n) is 7.04. The topological polar surface area (TPSA) is 93.4 Å². The molecule has 6 atom stereocenters. The van der Waals surface area contributed by atoms with Gasteiger partial charge in [0.05, 0.1) is 12.7 Å². The molecule has 0 aliphatic carbocycles. The zero-order valence-corrected chi connectivity index (χ0v) is 12.2. The molecule has 1 aromatic rings. The van der Waals surface area contributed by atoms with Crippen LogP contribution in [0.4, 0.5) is 0 Å². The molecule has 1 aliphatic heterocycles. The molecule has 0 saturated carbocycles. The van der Waals surface area contributed by atoms with E-state index >= 15 is 0 Å². The van der Waals surface area contributed by atoms with Gasteiger partial charge in [-0.3, -0.25) is 4.90 Å². The second kappa shape index (κ2) is 6.83. The first-order valence-corrected chi connectivity index (χ1v) is 7.04. The fraction of sp³-hybridized carbons (Fsp3) is 0.600. The SMILES string of the molecule is C[C@H]([C@H](O)c1ccccc1)N(C)[C@@H]1OC[C@H](O)[C@@H](O)[C@@H]1O. The Bertz CT molecular complexity index is 443. The number of hydrogen-bond acceptors (Lipinski definition) is 6. The standard InChI is InChI=1S/C15H23NO5/c1-9(12(18)10-6-4-3-5-7-10)16(2)15-14(20)13(19)11(17)8-21-15/h3-7,9,11-15,17-20H,8H2,1-2H3/t9-,11+,12+,13-,14+,15-/m1/s1. The van der Waals surface area contributed by atoms with Gasteiger partial charge >= 0.3 is 0 Å². The summed E-state index contributed by atoms with van der Waals surface area (Å²) in [7, 11) is 1.70. The molecule has 21 heavy (non-hydrogen) atoms. The van der Waals surface area contributed by atoms with Crippen molar-refractivity contribution in [3.63, 3.8) is 0 Å². The highest BCUT2D eigenvalue weighted by molar-refractivity contribution is 5.18. The summed E-state index contributed by atoms with van der Waals surface area (Å²) in [5, 5.41) is 39.6. The average Bonchev–Trinajstić information content (AvgIpc) is 2.51. The van der Waals surface area contributed by atoms with Gasteiger partial charge in [0.25, 0.3) is 0 Å². The van der Waals surface area contributed by atoms with E-state index in [1.54, 1.807) is 11.9 Å². The summed E-state index contributed by atoms with van der Waals surface area (Å²) in [5.74, 6) is 0. The van der Waals surface area contributed by atoms with Crippen LogP contribution in [0.5, 0.6) is 0 Å². The van der Waals surface area contributed by atoms with Crippen molar-refractivity contribution < 1.29 is 25.2 Å². The Balaban J connectivity index is 2.07. The van der Waals surface area contributed by atoms with Crippen molar-refractivity contribution in [3.8, 4) is 0 Å². The van der Waals surface area contributed by atoms with E-state index < -0.39 is 30.6 Å². The van der Waals surface area contributed by atoms with Gasteiger partial charge in [0.15, 0.2) is 0 Å². The maximum Gasteiger partial charge on any atom is 0.139 e. The Morgan fingerprint density at radius 2 is 1.76 bits per heavy atom. The summed E-state index contributed by atoms with van der Waals surface area (Å²) in [6, 6.07) is 8.87. The van der Waals surface area contributed by atoms with E-state index in [-0.39, 0.29) is 12.6 Å². The first-order chi connectivity index (χ1) is 9.93. The van der Waals surface area contributed by atoms with Crippen LogP contribution in [-0.2, 0) is 4.74 Å². The van der Waals surface area contributed by atoms with Crippen LogP contribution in [0.15, 0.2) is 30.3 Å². The molecule has 118 valence electrons. The number of nitrogens with zero attached hydrogens (tertiary/aromatic N) is 1. The number of hydrogen-bond donors (Lipinski definition) is 4. The lowest BCUT2D eigenvalue weighted by atomic mass is 9.99. The third-order valence-corrected chi connectivity index (χ3v) is 4.12. The molecule has 0 bridgehead atoms. The molecule has 6 heteroatoms. The Kier molecular flexibility index (Phi) is 5.32. The number of rotatable bonds is 4. The lowest BCUT2D eigenvalue weighted by Gasteiger charge is -2.43. The first kappa shape index (κ1) is 16.4. The molecule has 4 N–H and O–H groups in total. The second-order valence-corrected chi connectivity index (χ2v) is 5.53. The van der Waals surface area contributed by atoms with E-state index in [4.69, 9.17) is 4.74 Å². The van der Waals surface area contributed by atoms with Crippen LogP contribution in [0, 0.1) is 0 Å². The fourth-order valence-electron chi connectivity index (χ4n) is 2.53. The summed E-state index contributed by atoms with van der Waals surface area (Å²) in [6.07, 6.45) is -5.12. The minimum atomic E-state index is -1.26. The maximum atomic E-state index is 10.4. The predicted octanol–water partition coefficient (Wildman–Crippen LogP) is -0.521. The van der Waals surface area contributed by atoms with Gasteiger partial charge in [0, 0.05) is 6.04 Å². The van der Waals surface area contributed by atoms with Crippen molar-refractivity contribution in [2.24, 2.45) is 0 Å². The van der Waals surface area contributed by atoms with Crippen molar-refractivity contribution >= 4 is 0 Å². The number of aliphatic hydroxyl groups is 4. The Morgan fingerprint density at radius 1 is 1.14 bits per heavy atom. The summed E-state index contributed by atoms with van der Waals surface area (Å²) < 4.78 is 5.40. The van der Waals surface area contributed by atoms with Crippen LogP contribution in [0.3, 0.4) is 0 Å². The Hall–Kier alpha value is -1.02. The van der Waals surface area contributed by atoms with E-state index in [9.17, 15) is 20.4 Å². The van der Waals surface area contributed by atoms with Gasteiger partial charge in [-0.1, -0.05) is 30.3 Å². The molecule has 1 fully saturated rings. The highest BCUT2D eigenvalue weighted by Crippen LogP contribution is 2.25. The number of likely N-dealkylation sites (N-methyl/N-ethyl adjacent to an activating group) is 1. The molecular weight excluding hydrogens is 274 g/mol. The molecule has 0 unspecified atom stereocenters. The third-order valence-electron chi connectivity index (χ3n) is 4.12. The molecule has 6 nitrogen and oxygen atoms in total. The monoisotopic (exact) mass is 297 g/mol. The lowest BCUT2D eigenvalue weighted by Crippen LogP contribution is -2.60. The molecule has 0 radical (unpaired) electrons. The Morgan fingerprint density at radius 3 is 2.38 bits per heavy atom. The summed E-state index contributed by atoms with van der Waals surface area (Å²) in [6.45, 7) is 1.76. The van der Waals surface area contributed by atoms with E-state index in [0.717, 1.165) is 5.56 Å². The van der Waals surface area contributed by atoms with Crippen molar-refractivity contribution in [1.82, 2.24) is 4.90 Å². The predicted molar refractivity (Wildman–Crippen MR) is 76.4 cm³/mol. The van der Waals surface area contributed by atoms with Gasteiger partial charge < -0.3 is 25.2 Å². The summed E-state index contributed by atoms with van der Waals surface area (Å²) >= 11 is 0. The van der Waals surface area contributed by atoms with Gasteiger partial charge in [-0.2, -0.15) is 0 Å². The zero-order valence-electron chi connectivity index (χ0n) is 12.2. The van der Waals surface area contributed by atoms with E-state index in [1.807, 2.05) is 37.3 Å². The maximum absolute atomic E-state index is 10.4. The molecule has 0 spiro atoms. The lowest BCUT2D eigenvalue weighted by molar-refractivity contribution is -0.233. The van der Waals surface area contributed by atoms with Gasteiger partial charge in [0.1, 0.15) is 24.5 Å². The van der Waals surface area contributed by atoms with Crippen LogP contribution in [0.1, 0.15) is 18.6 Å². The van der Waals surface area contributed by atoms with Crippen molar-refractivity contribution in [1.29, 1.82) is 0 Å². The Labute approximate surface area is 124 Å². The van der Waals surface area contributed by atoms with Crippen LogP contribution in [0.2, 0.25) is 0 Å². The zero-order chi connectivity index (χ0) is 15.6. The molecule has 0 aromatic heterocycles. The van der Waals surface area contributed by atoms with Crippen LogP contribution in [-0.4, -0.2) is 69.6 Å². The average molecular weight is 297 g/mol. The normalized spacial score (nSPS) is 32.9. The van der Waals surface area contributed by atoms with Crippen LogP contribution < -0.4 is 0 Å². The van der Waals surface area contributed by atoms with Gasteiger partial charge in [0.2, 0.25) is 0 Å². The molecule has 1 saturated heterocycles. The van der Waals surface area contributed by atoms with Crippen molar-refractivity contribution in [2.75, 3.05) is 13.7 Å². The smallest absolute Gasteiger partial charge is 0.139 e. The highest BCUT2D eigenvalue weighted by atomic mass is 16.5. The molecule has 1 aliphatic rings. The van der Waals surface area contributed by atoms with Gasteiger partial charge in [-0.15, -0.1) is 0 Å². The summed E-state index contributed by atoms with van der Waals surface area (Å²) in [5.41, 5.74) is 0.766. The second-order valence-electron chi connectivity index (χ2n) is 5.53. The van der Waals surface area contributed by atoms with E-state index in [1.165, 1.54) is 0 Å². The minimum Gasteiger partial charge on any atom is -0.388 e. The van der Waals surface area contributed by atoms with E-state index in [2.05, 4.69) is 0 Å². The van der Waals surface area contributed by atoms with Gasteiger partial charge in [-0.05, 0) is 19.5 Å². The van der Waals surface area contributed by atoms with Crippen LogP contribution >= 0.6 is 0 Å². The summed E-state index contributed by atoms with van der Waals surface area (Å²) in [4.78, 5) is 1.66. The molecule has 1 heterocycles.